The number of benzene rings is 2. The van der Waals surface area contributed by atoms with Crippen LogP contribution in [-0.4, -0.2) is 42.6 Å². The molecule has 0 aliphatic carbocycles. The summed E-state index contributed by atoms with van der Waals surface area (Å²) in [4.78, 5) is 14.6. The monoisotopic (exact) mass is 284 g/mol. The van der Waals surface area contributed by atoms with Crippen LogP contribution in [0.4, 0.5) is 0 Å². The number of morpholine rings is 1. The van der Waals surface area contributed by atoms with Crippen LogP contribution in [0.15, 0.2) is 42.5 Å². The van der Waals surface area contributed by atoms with Gasteiger partial charge in [-0.15, -0.1) is 0 Å². The second-order valence-corrected chi connectivity index (χ2v) is 5.56. The van der Waals surface area contributed by atoms with Gasteiger partial charge in [0, 0.05) is 18.7 Å². The van der Waals surface area contributed by atoms with E-state index in [1.165, 1.54) is 0 Å². The molecule has 1 fully saturated rings. The van der Waals surface area contributed by atoms with Crippen molar-refractivity contribution in [1.82, 2.24) is 4.90 Å². The molecule has 2 aromatic carbocycles. The minimum atomic E-state index is -0.0643. The van der Waals surface area contributed by atoms with E-state index in [2.05, 4.69) is 0 Å². The number of carbonyl (C=O) groups is 1. The first-order chi connectivity index (χ1) is 10.2. The van der Waals surface area contributed by atoms with Crippen LogP contribution >= 0.6 is 0 Å². The molecule has 0 aromatic heterocycles. The van der Waals surface area contributed by atoms with Gasteiger partial charge in [-0.2, -0.15) is 0 Å². The van der Waals surface area contributed by atoms with Crippen molar-refractivity contribution in [3.05, 3.63) is 48.0 Å². The van der Waals surface area contributed by atoms with Gasteiger partial charge in [0.05, 0.1) is 18.8 Å². The number of nitrogens with zero attached hydrogens (tertiary/aromatic N) is 1. The summed E-state index contributed by atoms with van der Waals surface area (Å²) in [5.41, 5.74) is 6.38. The van der Waals surface area contributed by atoms with Crippen LogP contribution in [0.25, 0.3) is 10.8 Å². The van der Waals surface area contributed by atoms with Gasteiger partial charge >= 0.3 is 0 Å². The largest absolute Gasteiger partial charge is 0.373 e. The van der Waals surface area contributed by atoms with Gasteiger partial charge in [0.2, 0.25) is 0 Å². The van der Waals surface area contributed by atoms with Crippen LogP contribution in [0, 0.1) is 0 Å². The Kier molecular flexibility index (Phi) is 3.90. The molecule has 1 aliphatic rings. The molecule has 4 nitrogen and oxygen atoms in total. The molecular weight excluding hydrogens is 264 g/mol. The van der Waals surface area contributed by atoms with Gasteiger partial charge in [0.15, 0.2) is 0 Å². The molecule has 4 heteroatoms. The molecule has 1 saturated heterocycles. The van der Waals surface area contributed by atoms with Crippen LogP contribution < -0.4 is 5.73 Å². The number of hydrogen-bond acceptors (Lipinski definition) is 3. The minimum absolute atomic E-state index is 0.0509. The number of hydrogen-bond donors (Lipinski definition) is 1. The Balaban J connectivity index is 1.88. The van der Waals surface area contributed by atoms with Crippen molar-refractivity contribution >= 4 is 16.7 Å². The number of rotatable bonds is 2. The summed E-state index contributed by atoms with van der Waals surface area (Å²) in [5.74, 6) is 0.0509. The van der Waals surface area contributed by atoms with Crippen molar-refractivity contribution in [2.75, 3.05) is 19.7 Å². The highest BCUT2D eigenvalue weighted by Crippen LogP contribution is 2.19. The maximum atomic E-state index is 12.7. The van der Waals surface area contributed by atoms with Gasteiger partial charge in [0.1, 0.15) is 0 Å². The average Bonchev–Trinajstić information content (AvgIpc) is 2.54. The Bertz CT molecular complexity index is 656. The number of fused-ring (bicyclic) bond motifs is 1. The van der Waals surface area contributed by atoms with Crippen molar-refractivity contribution in [1.29, 1.82) is 0 Å². The summed E-state index contributed by atoms with van der Waals surface area (Å²) in [5, 5.41) is 2.23. The summed E-state index contributed by atoms with van der Waals surface area (Å²) < 4.78 is 5.61. The third kappa shape index (κ3) is 2.77. The van der Waals surface area contributed by atoms with Crippen LogP contribution in [0.3, 0.4) is 0 Å². The van der Waals surface area contributed by atoms with E-state index in [0.717, 1.165) is 16.3 Å². The van der Waals surface area contributed by atoms with E-state index in [-0.39, 0.29) is 18.1 Å². The van der Waals surface area contributed by atoms with E-state index >= 15 is 0 Å². The molecule has 21 heavy (non-hydrogen) atoms. The second kappa shape index (κ2) is 5.84. The molecule has 2 unspecified atom stereocenters. The smallest absolute Gasteiger partial charge is 0.254 e. The molecule has 3 rings (SSSR count). The lowest BCUT2D eigenvalue weighted by atomic mass is 10.0. The molecule has 0 spiro atoms. The molecule has 0 radical (unpaired) electrons. The maximum absolute atomic E-state index is 12.7. The average molecular weight is 284 g/mol. The Morgan fingerprint density at radius 1 is 1.29 bits per heavy atom. The first-order valence-corrected chi connectivity index (χ1v) is 7.30. The third-order valence-electron chi connectivity index (χ3n) is 4.03. The quantitative estimate of drug-likeness (QED) is 0.918. The number of ether oxygens (including phenoxy) is 1. The topological polar surface area (TPSA) is 55.6 Å². The predicted octanol–water partition coefficient (Wildman–Crippen LogP) is 2.03. The van der Waals surface area contributed by atoms with Crippen molar-refractivity contribution in [2.45, 2.75) is 19.1 Å². The molecule has 1 heterocycles. The van der Waals surface area contributed by atoms with Gasteiger partial charge in [-0.3, -0.25) is 4.79 Å². The van der Waals surface area contributed by atoms with Crippen molar-refractivity contribution in [3.8, 4) is 0 Å². The maximum Gasteiger partial charge on any atom is 0.254 e. The predicted molar refractivity (Wildman–Crippen MR) is 83.2 cm³/mol. The fraction of sp³-hybridized carbons (Fsp3) is 0.353. The normalized spacial score (nSPS) is 22.5. The van der Waals surface area contributed by atoms with E-state index < -0.39 is 0 Å². The second-order valence-electron chi connectivity index (χ2n) is 5.56. The highest BCUT2D eigenvalue weighted by Gasteiger charge is 2.29. The fourth-order valence-electron chi connectivity index (χ4n) is 2.73. The van der Waals surface area contributed by atoms with Crippen molar-refractivity contribution in [3.63, 3.8) is 0 Å². The molecule has 0 saturated carbocycles. The molecule has 1 amide bonds. The summed E-state index contributed by atoms with van der Waals surface area (Å²) in [7, 11) is 0. The minimum Gasteiger partial charge on any atom is -0.373 e. The first-order valence-electron chi connectivity index (χ1n) is 7.30. The Morgan fingerprint density at radius 2 is 2.05 bits per heavy atom. The van der Waals surface area contributed by atoms with E-state index in [9.17, 15) is 4.79 Å². The van der Waals surface area contributed by atoms with Crippen LogP contribution in [0.2, 0.25) is 0 Å². The SMILES string of the molecule is CC1COC(CN)CN1C(=O)c1ccc2ccccc2c1. The third-order valence-corrected chi connectivity index (χ3v) is 4.03. The highest BCUT2D eigenvalue weighted by atomic mass is 16.5. The van der Waals surface area contributed by atoms with E-state index in [1.54, 1.807) is 0 Å². The summed E-state index contributed by atoms with van der Waals surface area (Å²) in [6, 6.07) is 14.0. The summed E-state index contributed by atoms with van der Waals surface area (Å²) in [6.07, 6.45) is -0.0643. The highest BCUT2D eigenvalue weighted by molar-refractivity contribution is 5.98. The van der Waals surface area contributed by atoms with E-state index in [4.69, 9.17) is 10.5 Å². The van der Waals surface area contributed by atoms with Crippen LogP contribution in [0.1, 0.15) is 17.3 Å². The Labute approximate surface area is 124 Å². The zero-order valence-electron chi connectivity index (χ0n) is 12.2. The Morgan fingerprint density at radius 3 is 2.81 bits per heavy atom. The fourth-order valence-corrected chi connectivity index (χ4v) is 2.73. The molecule has 110 valence electrons. The molecule has 1 aliphatic heterocycles. The van der Waals surface area contributed by atoms with Crippen LogP contribution in [-0.2, 0) is 4.74 Å². The van der Waals surface area contributed by atoms with Gasteiger partial charge in [-0.05, 0) is 29.8 Å². The van der Waals surface area contributed by atoms with Gasteiger partial charge in [-0.1, -0.05) is 30.3 Å². The number of amides is 1. The molecular formula is C17H20N2O2. The van der Waals surface area contributed by atoms with Crippen molar-refractivity contribution < 1.29 is 9.53 Å². The standard InChI is InChI=1S/C17H20N2O2/c1-12-11-21-16(9-18)10-19(12)17(20)15-7-6-13-4-2-3-5-14(13)8-15/h2-8,12,16H,9-11,18H2,1H3. The Hall–Kier alpha value is -1.91. The zero-order chi connectivity index (χ0) is 14.8. The molecule has 2 N–H and O–H groups in total. The van der Waals surface area contributed by atoms with Gasteiger partial charge < -0.3 is 15.4 Å². The zero-order valence-corrected chi connectivity index (χ0v) is 12.2. The molecule has 0 bridgehead atoms. The van der Waals surface area contributed by atoms with E-state index in [1.807, 2.05) is 54.3 Å². The van der Waals surface area contributed by atoms with E-state index in [0.29, 0.717) is 19.7 Å². The lowest BCUT2D eigenvalue weighted by Gasteiger charge is -2.37. The van der Waals surface area contributed by atoms with Gasteiger partial charge in [-0.25, -0.2) is 0 Å². The first kappa shape index (κ1) is 14.0. The number of nitrogens with two attached hydrogens (primary N) is 1. The summed E-state index contributed by atoms with van der Waals surface area (Å²) >= 11 is 0. The van der Waals surface area contributed by atoms with Crippen molar-refractivity contribution in [2.24, 2.45) is 5.73 Å². The summed E-state index contributed by atoms with van der Waals surface area (Å²) in [6.45, 7) is 3.55. The van der Waals surface area contributed by atoms with Gasteiger partial charge in [0.25, 0.3) is 5.91 Å². The lowest BCUT2D eigenvalue weighted by molar-refractivity contribution is -0.0426. The number of carbonyl (C=O) groups excluding carboxylic acids is 1. The molecule has 2 atom stereocenters. The lowest BCUT2D eigenvalue weighted by Crippen LogP contribution is -2.52. The molecule has 2 aromatic rings. The van der Waals surface area contributed by atoms with Crippen LogP contribution in [0.5, 0.6) is 0 Å².